The Balaban J connectivity index is 3.05. The highest BCUT2D eigenvalue weighted by Gasteiger charge is 2.25. The van der Waals surface area contributed by atoms with Gasteiger partial charge in [-0.05, 0) is 25.5 Å². The van der Waals surface area contributed by atoms with Gasteiger partial charge in [0.15, 0.2) is 0 Å². The summed E-state index contributed by atoms with van der Waals surface area (Å²) in [6.45, 7) is 3.98. The van der Waals surface area contributed by atoms with Crippen LogP contribution in [0, 0.1) is 10.1 Å². The molecule has 23 heavy (non-hydrogen) atoms. The summed E-state index contributed by atoms with van der Waals surface area (Å²) in [5.74, 6) is -1.67. The number of unbranched alkanes of at least 4 members (excludes halogenated alkanes) is 1. The van der Waals surface area contributed by atoms with E-state index in [1.165, 1.54) is 18.2 Å². The average Bonchev–Trinajstić information content (AvgIpc) is 2.50. The first-order valence-electron chi connectivity index (χ1n) is 7.35. The highest BCUT2D eigenvalue weighted by atomic mass is 16.6. The van der Waals surface area contributed by atoms with Crippen molar-refractivity contribution in [2.75, 3.05) is 6.61 Å². The molecule has 1 aromatic rings. The zero-order valence-electron chi connectivity index (χ0n) is 13.1. The van der Waals surface area contributed by atoms with Gasteiger partial charge in [-0.1, -0.05) is 19.8 Å². The molecule has 0 heterocycles. The largest absolute Gasteiger partial charge is 0.494 e. The number of nitrogens with zero attached hydrogens (tertiary/aromatic N) is 1. The third-order valence-electron chi connectivity index (χ3n) is 3.17. The minimum Gasteiger partial charge on any atom is -0.494 e. The minimum absolute atomic E-state index is 0.219. The van der Waals surface area contributed by atoms with Gasteiger partial charge < -0.3 is 15.2 Å². The molecular formula is C15H20N2O6. The number of nitro groups is 1. The second-order valence-corrected chi connectivity index (χ2v) is 4.88. The van der Waals surface area contributed by atoms with Gasteiger partial charge in [-0.2, -0.15) is 0 Å². The SMILES string of the molecule is CCCC[C@H](NC(=O)c1cc(OCC)ccc1[N+](=O)[O-])C(=O)O. The van der Waals surface area contributed by atoms with Crippen molar-refractivity contribution in [3.05, 3.63) is 33.9 Å². The maximum absolute atomic E-state index is 12.3. The first kappa shape index (κ1) is 18.4. The predicted octanol–water partition coefficient (Wildman–Crippen LogP) is 2.37. The minimum atomic E-state index is -1.17. The molecular weight excluding hydrogens is 304 g/mol. The Labute approximate surface area is 133 Å². The molecule has 8 heteroatoms. The zero-order valence-corrected chi connectivity index (χ0v) is 13.1. The van der Waals surface area contributed by atoms with Crippen LogP contribution < -0.4 is 10.1 Å². The fourth-order valence-electron chi connectivity index (χ4n) is 2.01. The lowest BCUT2D eigenvalue weighted by Crippen LogP contribution is -2.40. The lowest BCUT2D eigenvalue weighted by atomic mass is 10.1. The molecule has 2 N–H and O–H groups in total. The number of carboxylic acid groups (broad SMARTS) is 1. The summed E-state index contributed by atoms with van der Waals surface area (Å²) in [6, 6.07) is 2.72. The molecule has 126 valence electrons. The van der Waals surface area contributed by atoms with Crippen molar-refractivity contribution in [2.45, 2.75) is 39.2 Å². The number of hydrogen-bond donors (Lipinski definition) is 2. The van der Waals surface area contributed by atoms with Crippen LogP contribution >= 0.6 is 0 Å². The van der Waals surface area contributed by atoms with Gasteiger partial charge in [0.05, 0.1) is 11.5 Å². The Morgan fingerprint density at radius 1 is 1.39 bits per heavy atom. The molecule has 1 rings (SSSR count). The van der Waals surface area contributed by atoms with Crippen molar-refractivity contribution < 1.29 is 24.4 Å². The monoisotopic (exact) mass is 324 g/mol. The summed E-state index contributed by atoms with van der Waals surface area (Å²) in [5, 5.41) is 22.5. The van der Waals surface area contributed by atoms with Crippen molar-refractivity contribution in [3.63, 3.8) is 0 Å². The van der Waals surface area contributed by atoms with Crippen LogP contribution in [0.3, 0.4) is 0 Å². The normalized spacial score (nSPS) is 11.6. The molecule has 1 amide bonds. The Bertz CT molecular complexity index is 587. The molecule has 0 spiro atoms. The van der Waals surface area contributed by atoms with Gasteiger partial charge in [0.25, 0.3) is 11.6 Å². The van der Waals surface area contributed by atoms with E-state index in [2.05, 4.69) is 5.32 Å². The van der Waals surface area contributed by atoms with Gasteiger partial charge in [0.1, 0.15) is 17.4 Å². The van der Waals surface area contributed by atoms with E-state index in [-0.39, 0.29) is 12.0 Å². The molecule has 0 aliphatic rings. The van der Waals surface area contributed by atoms with Gasteiger partial charge in [0, 0.05) is 6.07 Å². The number of nitro benzene ring substituents is 1. The summed E-state index contributed by atoms with van der Waals surface area (Å²) in [7, 11) is 0. The number of hydrogen-bond acceptors (Lipinski definition) is 5. The van der Waals surface area contributed by atoms with E-state index in [4.69, 9.17) is 9.84 Å². The molecule has 0 aliphatic heterocycles. The summed E-state index contributed by atoms with van der Waals surface area (Å²) in [5.41, 5.74) is -0.616. The van der Waals surface area contributed by atoms with Crippen LogP contribution in [0.15, 0.2) is 18.2 Å². The Morgan fingerprint density at radius 2 is 2.09 bits per heavy atom. The van der Waals surface area contributed by atoms with Gasteiger partial charge in [-0.3, -0.25) is 14.9 Å². The highest BCUT2D eigenvalue weighted by Crippen LogP contribution is 2.24. The van der Waals surface area contributed by atoms with Crippen LogP contribution in [0.4, 0.5) is 5.69 Å². The summed E-state index contributed by atoms with van der Waals surface area (Å²) in [4.78, 5) is 33.8. The maximum atomic E-state index is 12.3. The van der Waals surface area contributed by atoms with E-state index in [0.29, 0.717) is 18.8 Å². The third-order valence-corrected chi connectivity index (χ3v) is 3.17. The van der Waals surface area contributed by atoms with E-state index >= 15 is 0 Å². The molecule has 1 atom stereocenters. The first-order valence-corrected chi connectivity index (χ1v) is 7.35. The maximum Gasteiger partial charge on any atom is 0.326 e. The summed E-state index contributed by atoms with van der Waals surface area (Å²) in [6.07, 6.45) is 1.66. The topological polar surface area (TPSA) is 119 Å². The molecule has 0 bridgehead atoms. The van der Waals surface area contributed by atoms with E-state index in [1.54, 1.807) is 6.92 Å². The molecule has 0 aliphatic carbocycles. The smallest absolute Gasteiger partial charge is 0.326 e. The van der Waals surface area contributed by atoms with Crippen LogP contribution in [0.1, 0.15) is 43.5 Å². The number of carboxylic acids is 1. The van der Waals surface area contributed by atoms with Crippen molar-refractivity contribution in [1.29, 1.82) is 0 Å². The number of carbonyl (C=O) groups is 2. The van der Waals surface area contributed by atoms with Crippen molar-refractivity contribution in [2.24, 2.45) is 0 Å². The molecule has 0 saturated carbocycles. The second-order valence-electron chi connectivity index (χ2n) is 4.88. The van der Waals surface area contributed by atoms with Crippen LogP contribution in [0.2, 0.25) is 0 Å². The van der Waals surface area contributed by atoms with Crippen molar-refractivity contribution in [3.8, 4) is 5.75 Å². The van der Waals surface area contributed by atoms with E-state index in [0.717, 1.165) is 6.42 Å². The van der Waals surface area contributed by atoms with Crippen LogP contribution in [-0.2, 0) is 4.79 Å². The van der Waals surface area contributed by atoms with Gasteiger partial charge >= 0.3 is 5.97 Å². The molecule has 0 fully saturated rings. The number of nitrogens with one attached hydrogen (secondary N) is 1. The van der Waals surface area contributed by atoms with E-state index < -0.39 is 28.5 Å². The number of carbonyl (C=O) groups excluding carboxylic acids is 1. The standard InChI is InChI=1S/C15H20N2O6/c1-3-5-6-12(15(19)20)16-14(18)11-9-10(23-4-2)7-8-13(11)17(21)22/h7-9,12H,3-6H2,1-2H3,(H,16,18)(H,19,20)/t12-/m0/s1. The number of benzene rings is 1. The molecule has 0 unspecified atom stereocenters. The zero-order chi connectivity index (χ0) is 17.4. The van der Waals surface area contributed by atoms with Gasteiger partial charge in [0.2, 0.25) is 0 Å². The molecule has 0 aromatic heterocycles. The van der Waals surface area contributed by atoms with Crippen LogP contribution in [-0.4, -0.2) is 34.6 Å². The number of rotatable bonds is 9. The number of ether oxygens (including phenoxy) is 1. The highest BCUT2D eigenvalue weighted by molar-refractivity contribution is 6.00. The molecule has 8 nitrogen and oxygen atoms in total. The molecule has 0 saturated heterocycles. The Hall–Kier alpha value is -2.64. The van der Waals surface area contributed by atoms with Crippen LogP contribution in [0.25, 0.3) is 0 Å². The fourth-order valence-corrected chi connectivity index (χ4v) is 2.01. The molecule has 0 radical (unpaired) electrons. The summed E-state index contributed by atoms with van der Waals surface area (Å²) < 4.78 is 5.23. The summed E-state index contributed by atoms with van der Waals surface area (Å²) >= 11 is 0. The van der Waals surface area contributed by atoms with Crippen molar-refractivity contribution in [1.82, 2.24) is 5.32 Å². The molecule has 1 aromatic carbocycles. The fraction of sp³-hybridized carbons (Fsp3) is 0.467. The van der Waals surface area contributed by atoms with Crippen molar-refractivity contribution >= 4 is 17.6 Å². The lowest BCUT2D eigenvalue weighted by Gasteiger charge is -2.14. The number of amides is 1. The number of aliphatic carboxylic acids is 1. The van der Waals surface area contributed by atoms with E-state index in [1.807, 2.05) is 6.92 Å². The Morgan fingerprint density at radius 3 is 2.61 bits per heavy atom. The van der Waals surface area contributed by atoms with E-state index in [9.17, 15) is 19.7 Å². The van der Waals surface area contributed by atoms with Gasteiger partial charge in [-0.15, -0.1) is 0 Å². The van der Waals surface area contributed by atoms with Gasteiger partial charge in [-0.25, -0.2) is 4.79 Å². The lowest BCUT2D eigenvalue weighted by molar-refractivity contribution is -0.385. The second kappa shape index (κ2) is 8.72. The Kier molecular flexibility index (Phi) is 6.98. The third kappa shape index (κ3) is 5.24. The average molecular weight is 324 g/mol. The predicted molar refractivity (Wildman–Crippen MR) is 82.7 cm³/mol. The quantitative estimate of drug-likeness (QED) is 0.531. The first-order chi connectivity index (χ1) is 10.9. The van der Waals surface area contributed by atoms with Crippen LogP contribution in [0.5, 0.6) is 5.75 Å².